The van der Waals surface area contributed by atoms with Crippen LogP contribution in [0.5, 0.6) is 0 Å². The number of aliphatic hydroxyl groups excluding tert-OH is 2. The molecule has 8 nitrogen and oxygen atoms in total. The second kappa shape index (κ2) is 4.97. The predicted octanol–water partition coefficient (Wildman–Crippen LogP) is -0.0801. The lowest BCUT2D eigenvalue weighted by atomic mass is 10.2. The molecule has 0 bridgehead atoms. The molecule has 2 aromatic rings. The van der Waals surface area contributed by atoms with E-state index in [1.165, 1.54) is 10.9 Å². The van der Waals surface area contributed by atoms with Crippen LogP contribution in [0.25, 0.3) is 11.2 Å². The molecule has 0 unspecified atom stereocenters. The van der Waals surface area contributed by atoms with Gasteiger partial charge in [0, 0.05) is 0 Å². The van der Waals surface area contributed by atoms with Crippen molar-refractivity contribution < 1.29 is 14.9 Å². The summed E-state index contributed by atoms with van der Waals surface area (Å²) in [5.41, 5.74) is 6.43. The lowest BCUT2D eigenvalue weighted by Crippen LogP contribution is -2.29. The van der Waals surface area contributed by atoms with Crippen molar-refractivity contribution in [3.8, 4) is 0 Å². The second-order valence-electron chi connectivity index (χ2n) is 4.38. The minimum atomic E-state index is -1.00. The minimum absolute atomic E-state index is 0.0277. The molecule has 0 aromatic carbocycles. The number of hydrogen-bond acceptors (Lipinski definition) is 7. The summed E-state index contributed by atoms with van der Waals surface area (Å²) in [4.78, 5) is 11.9. The fourth-order valence-corrected chi connectivity index (χ4v) is 2.69. The summed E-state index contributed by atoms with van der Waals surface area (Å²) in [7, 11) is 0. The summed E-state index contributed by atoms with van der Waals surface area (Å²) >= 11 is 11.9. The number of nitrogen functional groups attached to an aromatic ring is 1. The van der Waals surface area contributed by atoms with Gasteiger partial charge in [-0.1, -0.05) is 0 Å². The molecule has 3 rings (SSSR count). The lowest BCUT2D eigenvalue weighted by Gasteiger charge is -2.15. The highest BCUT2D eigenvalue weighted by molar-refractivity contribution is 6.28. The van der Waals surface area contributed by atoms with E-state index in [-0.39, 0.29) is 17.7 Å². The Morgan fingerprint density at radius 2 is 2.20 bits per heavy atom. The lowest BCUT2D eigenvalue weighted by molar-refractivity contribution is -0.0431. The van der Waals surface area contributed by atoms with Crippen LogP contribution in [0.2, 0.25) is 5.28 Å². The fraction of sp³-hybridized carbons (Fsp3) is 0.500. The van der Waals surface area contributed by atoms with E-state index in [2.05, 4.69) is 15.0 Å². The first-order chi connectivity index (χ1) is 9.52. The average molecular weight is 320 g/mol. The molecule has 1 fully saturated rings. The van der Waals surface area contributed by atoms with Crippen LogP contribution in [0, 0.1) is 0 Å². The number of anilines is 1. The monoisotopic (exact) mass is 319 g/mol. The first kappa shape index (κ1) is 13.8. The number of nitrogens with two attached hydrogens (primary N) is 1. The summed E-state index contributed by atoms with van der Waals surface area (Å²) in [6, 6.07) is 0. The summed E-state index contributed by atoms with van der Waals surface area (Å²) in [5.74, 6) is 0.141. The largest absolute Gasteiger partial charge is 0.394 e. The Kier molecular flexibility index (Phi) is 3.43. The molecule has 4 atom stereocenters. The molecule has 4 N–H and O–H groups in total. The first-order valence-corrected chi connectivity index (χ1v) is 6.58. The highest BCUT2D eigenvalue weighted by Crippen LogP contribution is 2.35. The average Bonchev–Trinajstić information content (AvgIpc) is 2.93. The zero-order valence-electron chi connectivity index (χ0n) is 10.0. The maximum atomic E-state index is 9.87. The van der Waals surface area contributed by atoms with Gasteiger partial charge < -0.3 is 20.7 Å². The van der Waals surface area contributed by atoms with E-state index < -0.39 is 23.8 Å². The van der Waals surface area contributed by atoms with Gasteiger partial charge in [-0.05, 0) is 11.6 Å². The predicted molar refractivity (Wildman–Crippen MR) is 71.4 cm³/mol. The Morgan fingerprint density at radius 1 is 1.45 bits per heavy atom. The molecule has 20 heavy (non-hydrogen) atoms. The quantitative estimate of drug-likeness (QED) is 0.523. The molecule has 108 valence electrons. The third-order valence-electron chi connectivity index (χ3n) is 3.17. The van der Waals surface area contributed by atoms with Crippen molar-refractivity contribution in [2.45, 2.75) is 23.8 Å². The number of hydrogen-bond donors (Lipinski definition) is 3. The van der Waals surface area contributed by atoms with Gasteiger partial charge in [-0.2, -0.15) is 9.97 Å². The molecule has 1 saturated heterocycles. The van der Waals surface area contributed by atoms with E-state index in [0.717, 1.165) is 0 Å². The zero-order chi connectivity index (χ0) is 14.4. The molecule has 10 heteroatoms. The van der Waals surface area contributed by atoms with Gasteiger partial charge in [-0.25, -0.2) is 4.98 Å². The first-order valence-electron chi connectivity index (χ1n) is 5.77. The van der Waals surface area contributed by atoms with Crippen LogP contribution < -0.4 is 5.73 Å². The number of fused-ring (bicyclic) bond motifs is 1. The van der Waals surface area contributed by atoms with Crippen LogP contribution in [-0.2, 0) is 4.74 Å². The number of alkyl halides is 1. The van der Waals surface area contributed by atoms with Crippen molar-refractivity contribution in [3.63, 3.8) is 0 Å². The number of rotatable bonds is 2. The summed E-state index contributed by atoms with van der Waals surface area (Å²) < 4.78 is 7.02. The Balaban J connectivity index is 2.07. The number of aromatic nitrogens is 4. The Bertz CT molecular complexity index is 651. The van der Waals surface area contributed by atoms with Gasteiger partial charge in [0.15, 0.2) is 17.7 Å². The second-order valence-corrected chi connectivity index (χ2v) is 5.23. The minimum Gasteiger partial charge on any atom is -0.394 e. The number of imidazole rings is 1. The molecular weight excluding hydrogens is 309 g/mol. The van der Waals surface area contributed by atoms with Crippen molar-refractivity contribution in [1.29, 1.82) is 0 Å². The highest BCUT2D eigenvalue weighted by atomic mass is 35.5. The SMILES string of the molecule is Nc1nc(Cl)nc2c1ncn2[C@@H]1O[C@H](CO)[C@@H](O)[C@@H]1Cl. The van der Waals surface area contributed by atoms with E-state index in [4.69, 9.17) is 38.8 Å². The molecule has 1 aliphatic heterocycles. The standard InChI is InChI=1S/C10H11Cl2N5O3/c11-4-6(19)3(1-18)20-9(4)17-2-14-5-7(13)15-10(12)16-8(5)17/h2-4,6,9,18-19H,1H2,(H2,13,15,16)/t3-,4+,6-,9-/m1/s1. The normalized spacial score (nSPS) is 30.2. The van der Waals surface area contributed by atoms with Crippen molar-refractivity contribution in [3.05, 3.63) is 11.6 Å². The topological polar surface area (TPSA) is 119 Å². The van der Waals surface area contributed by atoms with Crippen LogP contribution in [0.15, 0.2) is 6.33 Å². The maximum Gasteiger partial charge on any atom is 0.226 e. The molecule has 0 aliphatic carbocycles. The van der Waals surface area contributed by atoms with Gasteiger partial charge >= 0.3 is 0 Å². The van der Waals surface area contributed by atoms with Gasteiger partial charge in [0.05, 0.1) is 12.9 Å². The Morgan fingerprint density at radius 3 is 2.85 bits per heavy atom. The number of nitrogens with zero attached hydrogens (tertiary/aromatic N) is 4. The van der Waals surface area contributed by atoms with Crippen LogP contribution in [-0.4, -0.2) is 53.9 Å². The number of ether oxygens (including phenoxy) is 1. The Hall–Kier alpha value is -1.19. The van der Waals surface area contributed by atoms with Crippen LogP contribution in [0.3, 0.4) is 0 Å². The summed E-state index contributed by atoms with van der Waals surface area (Å²) in [6.45, 7) is -0.342. The smallest absolute Gasteiger partial charge is 0.226 e. The summed E-state index contributed by atoms with van der Waals surface area (Å²) in [5, 5.41) is 18.2. The van der Waals surface area contributed by atoms with Gasteiger partial charge in [0.1, 0.15) is 23.1 Å². The van der Waals surface area contributed by atoms with Crippen LogP contribution >= 0.6 is 23.2 Å². The van der Waals surface area contributed by atoms with Crippen molar-refractivity contribution in [2.75, 3.05) is 12.3 Å². The molecule has 0 radical (unpaired) electrons. The van der Waals surface area contributed by atoms with Crippen molar-refractivity contribution in [2.24, 2.45) is 0 Å². The molecule has 0 amide bonds. The van der Waals surface area contributed by atoms with E-state index in [9.17, 15) is 5.11 Å². The van der Waals surface area contributed by atoms with E-state index in [1.807, 2.05) is 0 Å². The Labute approximate surface area is 123 Å². The number of halogens is 2. The van der Waals surface area contributed by atoms with E-state index >= 15 is 0 Å². The van der Waals surface area contributed by atoms with E-state index in [1.54, 1.807) is 0 Å². The van der Waals surface area contributed by atoms with E-state index in [0.29, 0.717) is 11.2 Å². The molecule has 0 spiro atoms. The zero-order valence-corrected chi connectivity index (χ0v) is 11.5. The van der Waals surface area contributed by atoms with Gasteiger partial charge in [-0.3, -0.25) is 4.57 Å². The van der Waals surface area contributed by atoms with Gasteiger partial charge in [0.2, 0.25) is 5.28 Å². The van der Waals surface area contributed by atoms with Crippen LogP contribution in [0.4, 0.5) is 5.82 Å². The van der Waals surface area contributed by atoms with Crippen molar-refractivity contribution in [1.82, 2.24) is 19.5 Å². The van der Waals surface area contributed by atoms with Gasteiger partial charge in [-0.15, -0.1) is 11.6 Å². The molecule has 3 heterocycles. The molecule has 0 saturated carbocycles. The highest BCUT2D eigenvalue weighted by Gasteiger charge is 2.43. The fourth-order valence-electron chi connectivity index (χ4n) is 2.18. The molecule has 2 aromatic heterocycles. The van der Waals surface area contributed by atoms with Gasteiger partial charge in [0.25, 0.3) is 0 Å². The molecule has 1 aliphatic rings. The number of aliphatic hydroxyl groups is 2. The summed E-state index contributed by atoms with van der Waals surface area (Å²) in [6.07, 6.45) is -1.08. The molecular formula is C10H11Cl2N5O3. The van der Waals surface area contributed by atoms with Crippen LogP contribution in [0.1, 0.15) is 6.23 Å². The van der Waals surface area contributed by atoms with Crippen molar-refractivity contribution >= 4 is 40.2 Å². The third-order valence-corrected chi connectivity index (χ3v) is 3.81. The maximum absolute atomic E-state index is 9.87. The third kappa shape index (κ3) is 2.00.